The summed E-state index contributed by atoms with van der Waals surface area (Å²) in [6.45, 7) is 22.4. The van der Waals surface area contributed by atoms with Gasteiger partial charge in [-0.15, -0.1) is 0 Å². The number of hydrogen-bond donors (Lipinski definition) is 0. The summed E-state index contributed by atoms with van der Waals surface area (Å²) in [5, 5.41) is 0. The Kier molecular flexibility index (Phi) is 17.3. The van der Waals surface area contributed by atoms with Crippen LogP contribution in [0, 0.1) is 0 Å². The minimum absolute atomic E-state index is 0.106. The molecule has 0 aromatic carbocycles. The van der Waals surface area contributed by atoms with Crippen LogP contribution in [0.15, 0.2) is 0 Å². The van der Waals surface area contributed by atoms with Gasteiger partial charge in [0.05, 0.1) is 37.6 Å². The zero-order valence-corrected chi connectivity index (χ0v) is 25.8. The molecule has 0 aliphatic carbocycles. The first-order chi connectivity index (χ1) is 17.0. The van der Waals surface area contributed by atoms with E-state index in [9.17, 15) is 9.59 Å². The van der Waals surface area contributed by atoms with Crippen LogP contribution in [0.4, 0.5) is 0 Å². The quantitative estimate of drug-likeness (QED) is 0.148. The van der Waals surface area contributed by atoms with Crippen molar-refractivity contribution < 1.29 is 33.3 Å². The number of rotatable bonds is 22. The highest BCUT2D eigenvalue weighted by Gasteiger charge is 2.28. The highest BCUT2D eigenvalue weighted by Crippen LogP contribution is 2.18. The molecule has 0 saturated heterocycles. The van der Waals surface area contributed by atoms with Crippen LogP contribution in [0.2, 0.25) is 0 Å². The molecule has 0 rings (SSSR count). The van der Waals surface area contributed by atoms with Crippen LogP contribution in [0.1, 0.15) is 121 Å². The maximum absolute atomic E-state index is 12.5. The van der Waals surface area contributed by atoms with Gasteiger partial charge in [0.1, 0.15) is 11.2 Å². The van der Waals surface area contributed by atoms with Crippen LogP contribution < -0.4 is 0 Å². The second kappa shape index (κ2) is 17.7. The SMILES string of the molecule is CC(C)(C)OCCCCCC(=O)C(C)(C)OCCOCCOC(C)(C)C(=O)CCCCCOC(C)(C)C. The van der Waals surface area contributed by atoms with E-state index in [2.05, 4.69) is 0 Å². The van der Waals surface area contributed by atoms with E-state index in [-0.39, 0.29) is 22.8 Å². The van der Waals surface area contributed by atoms with Crippen LogP contribution >= 0.6 is 0 Å². The van der Waals surface area contributed by atoms with Gasteiger partial charge in [-0.3, -0.25) is 9.59 Å². The average Bonchev–Trinajstić information content (AvgIpc) is 2.75. The molecule has 0 spiro atoms. The Bertz CT molecular complexity index is 573. The molecule has 220 valence electrons. The Morgan fingerprint density at radius 2 is 0.784 bits per heavy atom. The molecule has 0 aliphatic heterocycles. The first-order valence-corrected chi connectivity index (χ1v) is 14.2. The lowest BCUT2D eigenvalue weighted by molar-refractivity contribution is -0.145. The van der Waals surface area contributed by atoms with Gasteiger partial charge in [-0.05, 0) is 94.9 Å². The molecule has 0 heterocycles. The minimum atomic E-state index is -0.824. The molecule has 0 bridgehead atoms. The van der Waals surface area contributed by atoms with Gasteiger partial charge < -0.3 is 23.7 Å². The number of carbonyl (C=O) groups is 2. The molecule has 0 atom stereocenters. The summed E-state index contributed by atoms with van der Waals surface area (Å²) in [6.07, 6.45) is 6.53. The lowest BCUT2D eigenvalue weighted by Gasteiger charge is -2.25. The first-order valence-electron chi connectivity index (χ1n) is 14.2. The Morgan fingerprint density at radius 3 is 1.11 bits per heavy atom. The van der Waals surface area contributed by atoms with Crippen molar-refractivity contribution in [3.63, 3.8) is 0 Å². The molecule has 7 nitrogen and oxygen atoms in total. The Hall–Kier alpha value is -0.860. The normalized spacial score (nSPS) is 13.2. The molecule has 0 aliphatic rings. The van der Waals surface area contributed by atoms with Crippen molar-refractivity contribution in [2.45, 2.75) is 143 Å². The van der Waals surface area contributed by atoms with Gasteiger partial charge in [0.15, 0.2) is 11.6 Å². The molecule has 0 aromatic rings. The van der Waals surface area contributed by atoms with Crippen LogP contribution in [-0.4, -0.2) is 73.6 Å². The van der Waals surface area contributed by atoms with Crippen LogP contribution in [0.3, 0.4) is 0 Å². The summed E-state index contributed by atoms with van der Waals surface area (Å²) in [6, 6.07) is 0. The zero-order valence-electron chi connectivity index (χ0n) is 25.8. The molecule has 0 unspecified atom stereocenters. The fourth-order valence-electron chi connectivity index (χ4n) is 3.46. The number of unbranched alkanes of at least 4 members (excludes halogenated alkanes) is 4. The molecule has 0 N–H and O–H groups in total. The van der Waals surface area contributed by atoms with E-state index in [1.165, 1.54) is 0 Å². The van der Waals surface area contributed by atoms with Gasteiger partial charge in [-0.2, -0.15) is 0 Å². The van der Waals surface area contributed by atoms with Crippen LogP contribution in [-0.2, 0) is 33.3 Å². The maximum atomic E-state index is 12.5. The molecular formula is C30H58O7. The second-order valence-corrected chi connectivity index (χ2v) is 12.7. The predicted octanol–water partition coefficient (Wildman–Crippen LogP) is 6.48. The van der Waals surface area contributed by atoms with E-state index in [0.29, 0.717) is 39.3 Å². The molecule has 37 heavy (non-hydrogen) atoms. The van der Waals surface area contributed by atoms with Gasteiger partial charge >= 0.3 is 0 Å². The van der Waals surface area contributed by atoms with Crippen molar-refractivity contribution in [2.75, 3.05) is 39.6 Å². The summed E-state index contributed by atoms with van der Waals surface area (Å²) in [5.74, 6) is 0.212. The number of hydrogen-bond acceptors (Lipinski definition) is 7. The van der Waals surface area contributed by atoms with E-state index in [0.717, 1.165) is 51.7 Å². The largest absolute Gasteiger partial charge is 0.377 e. The Balaban J connectivity index is 3.89. The molecule has 7 heteroatoms. The molecule has 0 aromatic heterocycles. The third-order valence-electron chi connectivity index (χ3n) is 5.89. The van der Waals surface area contributed by atoms with E-state index in [1.807, 2.05) is 69.2 Å². The lowest BCUT2D eigenvalue weighted by atomic mass is 9.98. The first kappa shape index (κ1) is 36.1. The number of ketones is 2. The van der Waals surface area contributed by atoms with Crippen molar-refractivity contribution in [3.8, 4) is 0 Å². The highest BCUT2D eigenvalue weighted by atomic mass is 16.6. The van der Waals surface area contributed by atoms with Gasteiger partial charge in [-0.1, -0.05) is 12.8 Å². The van der Waals surface area contributed by atoms with Gasteiger partial charge in [0.25, 0.3) is 0 Å². The fraction of sp³-hybridized carbons (Fsp3) is 0.933. The Labute approximate surface area is 227 Å². The summed E-state index contributed by atoms with van der Waals surface area (Å²) in [5.41, 5.74) is -1.88. The second-order valence-electron chi connectivity index (χ2n) is 12.7. The van der Waals surface area contributed by atoms with Crippen molar-refractivity contribution in [3.05, 3.63) is 0 Å². The van der Waals surface area contributed by atoms with Gasteiger partial charge in [-0.25, -0.2) is 0 Å². The maximum Gasteiger partial charge on any atom is 0.164 e. The van der Waals surface area contributed by atoms with Crippen molar-refractivity contribution in [1.29, 1.82) is 0 Å². The molecule has 0 radical (unpaired) electrons. The third kappa shape index (κ3) is 20.7. The fourth-order valence-corrected chi connectivity index (χ4v) is 3.46. The number of carbonyl (C=O) groups excluding carboxylic acids is 2. The van der Waals surface area contributed by atoms with Gasteiger partial charge in [0, 0.05) is 26.1 Å². The number of ether oxygens (including phenoxy) is 5. The summed E-state index contributed by atoms with van der Waals surface area (Å²) in [7, 11) is 0. The molecule has 0 fully saturated rings. The monoisotopic (exact) mass is 530 g/mol. The van der Waals surface area contributed by atoms with Gasteiger partial charge in [0.2, 0.25) is 0 Å². The minimum Gasteiger partial charge on any atom is -0.377 e. The van der Waals surface area contributed by atoms with Crippen molar-refractivity contribution >= 4 is 11.6 Å². The molecular weight excluding hydrogens is 472 g/mol. The van der Waals surface area contributed by atoms with E-state index >= 15 is 0 Å². The van der Waals surface area contributed by atoms with Crippen LogP contribution in [0.25, 0.3) is 0 Å². The standard InChI is InChI=1S/C30H58O7/c1-27(2,3)34-19-15-11-13-17-25(31)29(7,8)36-23-21-33-22-24-37-30(9,10)26(32)18-14-12-16-20-35-28(4,5)6/h11-24H2,1-10H3. The van der Waals surface area contributed by atoms with E-state index < -0.39 is 11.2 Å². The van der Waals surface area contributed by atoms with Crippen molar-refractivity contribution in [1.82, 2.24) is 0 Å². The summed E-state index contributed by atoms with van der Waals surface area (Å²) < 4.78 is 28.6. The smallest absolute Gasteiger partial charge is 0.164 e. The van der Waals surface area contributed by atoms with Crippen LogP contribution in [0.5, 0.6) is 0 Å². The van der Waals surface area contributed by atoms with E-state index in [1.54, 1.807) is 0 Å². The zero-order chi connectivity index (χ0) is 28.6. The van der Waals surface area contributed by atoms with Crippen molar-refractivity contribution in [2.24, 2.45) is 0 Å². The summed E-state index contributed by atoms with van der Waals surface area (Å²) in [4.78, 5) is 25.0. The summed E-state index contributed by atoms with van der Waals surface area (Å²) >= 11 is 0. The predicted molar refractivity (Wildman–Crippen MR) is 149 cm³/mol. The highest BCUT2D eigenvalue weighted by molar-refractivity contribution is 5.86. The third-order valence-corrected chi connectivity index (χ3v) is 5.89. The number of Topliss-reactive ketones (excluding diaryl/α,β-unsaturated/α-hetero) is 2. The topological polar surface area (TPSA) is 80.3 Å². The lowest BCUT2D eigenvalue weighted by Crippen LogP contribution is -2.37. The average molecular weight is 531 g/mol. The molecule has 0 saturated carbocycles. The Morgan fingerprint density at radius 1 is 0.432 bits per heavy atom. The van der Waals surface area contributed by atoms with E-state index in [4.69, 9.17) is 23.7 Å². The molecule has 0 amide bonds.